The van der Waals surface area contributed by atoms with Crippen LogP contribution in [0.1, 0.15) is 10.5 Å². The summed E-state index contributed by atoms with van der Waals surface area (Å²) in [6, 6.07) is 1.61. The van der Waals surface area contributed by atoms with Crippen LogP contribution in [-0.4, -0.2) is 25.9 Å². The van der Waals surface area contributed by atoms with Crippen LogP contribution in [0.3, 0.4) is 0 Å². The van der Waals surface area contributed by atoms with Crippen LogP contribution in [0.5, 0.6) is 0 Å². The SMILES string of the molecule is Cn1ccc(C(=O)Nc2nnc(N)s2)n1. The zero-order chi connectivity index (χ0) is 10.8. The molecular formula is C7H8N6OS. The number of aromatic nitrogens is 4. The molecule has 1 amide bonds. The van der Waals surface area contributed by atoms with Crippen LogP contribution in [0, 0.1) is 0 Å². The first-order valence-corrected chi connectivity index (χ1v) is 4.87. The number of nitrogen functional groups attached to an aromatic ring is 1. The van der Waals surface area contributed by atoms with Crippen molar-refractivity contribution >= 4 is 27.5 Å². The minimum Gasteiger partial charge on any atom is -0.374 e. The van der Waals surface area contributed by atoms with E-state index in [-0.39, 0.29) is 5.91 Å². The second kappa shape index (κ2) is 3.65. The van der Waals surface area contributed by atoms with E-state index in [1.165, 1.54) is 0 Å². The van der Waals surface area contributed by atoms with Gasteiger partial charge in [-0.05, 0) is 6.07 Å². The summed E-state index contributed by atoms with van der Waals surface area (Å²) >= 11 is 1.11. The highest BCUT2D eigenvalue weighted by Gasteiger charge is 2.11. The van der Waals surface area contributed by atoms with Crippen molar-refractivity contribution in [3.8, 4) is 0 Å². The molecule has 0 bridgehead atoms. The smallest absolute Gasteiger partial charge is 0.277 e. The molecule has 0 spiro atoms. The highest BCUT2D eigenvalue weighted by atomic mass is 32.1. The fourth-order valence-corrected chi connectivity index (χ4v) is 1.49. The molecule has 3 N–H and O–H groups in total. The topological polar surface area (TPSA) is 98.7 Å². The van der Waals surface area contributed by atoms with E-state index in [9.17, 15) is 4.79 Å². The summed E-state index contributed by atoms with van der Waals surface area (Å²) in [5.74, 6) is -0.327. The van der Waals surface area contributed by atoms with E-state index >= 15 is 0 Å². The molecule has 0 aliphatic rings. The predicted molar refractivity (Wildman–Crippen MR) is 55.5 cm³/mol. The molecule has 0 aliphatic heterocycles. The fourth-order valence-electron chi connectivity index (χ4n) is 0.982. The average Bonchev–Trinajstić information content (AvgIpc) is 2.75. The Morgan fingerprint density at radius 2 is 2.40 bits per heavy atom. The molecule has 0 atom stereocenters. The van der Waals surface area contributed by atoms with Gasteiger partial charge >= 0.3 is 0 Å². The van der Waals surface area contributed by atoms with Crippen LogP contribution < -0.4 is 11.1 Å². The molecule has 8 heteroatoms. The number of hydrogen-bond donors (Lipinski definition) is 2. The van der Waals surface area contributed by atoms with Crippen molar-refractivity contribution in [3.05, 3.63) is 18.0 Å². The lowest BCUT2D eigenvalue weighted by Crippen LogP contribution is -2.12. The average molecular weight is 224 g/mol. The van der Waals surface area contributed by atoms with Gasteiger partial charge in [-0.3, -0.25) is 14.8 Å². The van der Waals surface area contributed by atoms with Crippen molar-refractivity contribution in [2.24, 2.45) is 7.05 Å². The summed E-state index contributed by atoms with van der Waals surface area (Å²) in [5.41, 5.74) is 5.70. The first-order chi connectivity index (χ1) is 7.15. The molecule has 0 saturated carbocycles. The third kappa shape index (κ3) is 2.10. The van der Waals surface area contributed by atoms with Crippen LogP contribution in [0.25, 0.3) is 0 Å². The normalized spacial score (nSPS) is 10.2. The van der Waals surface area contributed by atoms with E-state index in [4.69, 9.17) is 5.73 Å². The number of nitrogens with two attached hydrogens (primary N) is 1. The van der Waals surface area contributed by atoms with Gasteiger partial charge in [0, 0.05) is 13.2 Å². The predicted octanol–water partition coefficient (Wildman–Crippen LogP) is 0.106. The molecule has 0 fully saturated rings. The zero-order valence-electron chi connectivity index (χ0n) is 7.84. The van der Waals surface area contributed by atoms with Gasteiger partial charge in [0.05, 0.1) is 0 Å². The molecule has 0 unspecified atom stereocenters. The number of nitrogens with zero attached hydrogens (tertiary/aromatic N) is 4. The molecule has 0 aromatic carbocycles. The summed E-state index contributed by atoms with van der Waals surface area (Å²) in [6.45, 7) is 0. The Morgan fingerprint density at radius 3 is 2.93 bits per heavy atom. The monoisotopic (exact) mass is 224 g/mol. The quantitative estimate of drug-likeness (QED) is 0.754. The van der Waals surface area contributed by atoms with Crippen LogP contribution in [0.2, 0.25) is 0 Å². The lowest BCUT2D eigenvalue weighted by molar-refractivity contribution is 0.102. The third-order valence-corrected chi connectivity index (χ3v) is 2.28. The van der Waals surface area contributed by atoms with Crippen molar-refractivity contribution in [1.29, 1.82) is 0 Å². The number of carbonyl (C=O) groups is 1. The highest BCUT2D eigenvalue weighted by molar-refractivity contribution is 7.19. The Kier molecular flexibility index (Phi) is 2.34. The molecule has 0 saturated heterocycles. The summed E-state index contributed by atoms with van der Waals surface area (Å²) in [6.07, 6.45) is 1.68. The molecule has 78 valence electrons. The Labute approximate surface area is 88.9 Å². The van der Waals surface area contributed by atoms with E-state index in [1.54, 1.807) is 24.0 Å². The van der Waals surface area contributed by atoms with Crippen molar-refractivity contribution < 1.29 is 4.79 Å². The van der Waals surface area contributed by atoms with E-state index in [0.717, 1.165) is 11.3 Å². The van der Waals surface area contributed by atoms with E-state index < -0.39 is 0 Å². The van der Waals surface area contributed by atoms with Gasteiger partial charge in [-0.25, -0.2) is 0 Å². The van der Waals surface area contributed by atoms with Crippen molar-refractivity contribution in [1.82, 2.24) is 20.0 Å². The number of hydrogen-bond acceptors (Lipinski definition) is 6. The molecule has 0 aliphatic carbocycles. The van der Waals surface area contributed by atoms with E-state index in [2.05, 4.69) is 20.6 Å². The van der Waals surface area contributed by atoms with Crippen molar-refractivity contribution in [2.45, 2.75) is 0 Å². The van der Waals surface area contributed by atoms with E-state index in [1.807, 2.05) is 0 Å². The van der Waals surface area contributed by atoms with Crippen LogP contribution in [0.4, 0.5) is 10.3 Å². The number of amides is 1. The summed E-state index contributed by atoms with van der Waals surface area (Å²) in [4.78, 5) is 11.5. The molecular weight excluding hydrogens is 216 g/mol. The van der Waals surface area contributed by atoms with Crippen LogP contribution in [0.15, 0.2) is 12.3 Å². The van der Waals surface area contributed by atoms with Crippen LogP contribution >= 0.6 is 11.3 Å². The molecule has 2 aromatic rings. The second-order valence-electron chi connectivity index (χ2n) is 2.77. The minimum atomic E-state index is -0.327. The molecule has 2 heterocycles. The van der Waals surface area contributed by atoms with Gasteiger partial charge < -0.3 is 5.73 Å². The molecule has 7 nitrogen and oxygen atoms in total. The third-order valence-electron chi connectivity index (χ3n) is 1.61. The van der Waals surface area contributed by atoms with Crippen molar-refractivity contribution in [2.75, 3.05) is 11.1 Å². The van der Waals surface area contributed by atoms with Crippen molar-refractivity contribution in [3.63, 3.8) is 0 Å². The number of rotatable bonds is 2. The first kappa shape index (κ1) is 9.59. The number of carbonyl (C=O) groups excluding carboxylic acids is 1. The Balaban J connectivity index is 2.10. The molecule has 2 rings (SSSR count). The van der Waals surface area contributed by atoms with Crippen LogP contribution in [-0.2, 0) is 7.05 Å². The summed E-state index contributed by atoms with van der Waals surface area (Å²) in [5, 5.41) is 14.4. The summed E-state index contributed by atoms with van der Waals surface area (Å²) < 4.78 is 1.55. The van der Waals surface area contributed by atoms with Gasteiger partial charge in [0.1, 0.15) is 0 Å². The van der Waals surface area contributed by atoms with Gasteiger partial charge in [0.2, 0.25) is 10.3 Å². The fraction of sp³-hybridized carbons (Fsp3) is 0.143. The molecule has 0 radical (unpaired) electrons. The number of aryl methyl sites for hydroxylation is 1. The molecule has 15 heavy (non-hydrogen) atoms. The maximum Gasteiger partial charge on any atom is 0.277 e. The van der Waals surface area contributed by atoms with E-state index in [0.29, 0.717) is 16.0 Å². The standard InChI is InChI=1S/C7H8N6OS/c1-13-3-2-4(12-13)5(14)9-7-11-10-6(8)15-7/h2-3H,1H3,(H2,8,10)(H,9,11,14). The highest BCUT2D eigenvalue weighted by Crippen LogP contribution is 2.16. The maximum absolute atomic E-state index is 11.5. The Hall–Kier alpha value is -1.96. The maximum atomic E-state index is 11.5. The number of nitrogens with one attached hydrogen (secondary N) is 1. The van der Waals surface area contributed by atoms with Gasteiger partial charge in [-0.15, -0.1) is 10.2 Å². The lowest BCUT2D eigenvalue weighted by atomic mass is 10.4. The molecule has 2 aromatic heterocycles. The first-order valence-electron chi connectivity index (χ1n) is 4.05. The lowest BCUT2D eigenvalue weighted by Gasteiger charge is -1.95. The second-order valence-corrected chi connectivity index (χ2v) is 3.78. The van der Waals surface area contributed by atoms with Gasteiger partial charge in [-0.1, -0.05) is 11.3 Å². The Bertz CT molecular complexity index is 489. The zero-order valence-corrected chi connectivity index (χ0v) is 8.65. The van der Waals surface area contributed by atoms with Gasteiger partial charge in [0.15, 0.2) is 5.69 Å². The summed E-state index contributed by atoms with van der Waals surface area (Å²) in [7, 11) is 1.74. The Morgan fingerprint density at radius 1 is 1.60 bits per heavy atom. The number of anilines is 2. The van der Waals surface area contributed by atoms with Gasteiger partial charge in [0.25, 0.3) is 5.91 Å². The minimum absolute atomic E-state index is 0.311. The van der Waals surface area contributed by atoms with Gasteiger partial charge in [-0.2, -0.15) is 5.10 Å². The largest absolute Gasteiger partial charge is 0.374 e.